The van der Waals surface area contributed by atoms with Gasteiger partial charge in [-0.3, -0.25) is 14.5 Å². The van der Waals surface area contributed by atoms with Crippen molar-refractivity contribution in [2.75, 3.05) is 36.4 Å². The summed E-state index contributed by atoms with van der Waals surface area (Å²) in [5.74, 6) is -0.159. The third-order valence-corrected chi connectivity index (χ3v) is 5.21. The molecule has 0 aromatic heterocycles. The molecule has 0 radical (unpaired) electrons. The molecule has 1 N–H and O–H groups in total. The maximum atomic E-state index is 12.7. The maximum absolute atomic E-state index is 12.7. The Morgan fingerprint density at radius 3 is 2.41 bits per heavy atom. The van der Waals surface area contributed by atoms with Crippen LogP contribution in [0, 0.1) is 0 Å². The Morgan fingerprint density at radius 1 is 1.04 bits per heavy atom. The zero-order chi connectivity index (χ0) is 19.4. The van der Waals surface area contributed by atoms with E-state index in [9.17, 15) is 9.59 Å². The molecule has 1 fully saturated rings. The first-order valence-electron chi connectivity index (χ1n) is 9.11. The maximum Gasteiger partial charge on any atom is 0.241 e. The topological polar surface area (TPSA) is 52.7 Å². The van der Waals surface area contributed by atoms with E-state index in [-0.39, 0.29) is 17.7 Å². The molecule has 5 nitrogen and oxygen atoms in total. The molecule has 0 aliphatic carbocycles. The standard InChI is InChI=1S/C21H24ClN3O2/c1-15(21(27)23-20-9-4-3-8-19(20)16(2)26)24-10-12-25(13-11-24)18-7-5-6-17(22)14-18/h3-9,14-15H,10-13H2,1-2H3,(H,23,27)/t15-/m0/s1. The van der Waals surface area contributed by atoms with Gasteiger partial charge in [0.2, 0.25) is 5.91 Å². The van der Waals surface area contributed by atoms with Gasteiger partial charge in [-0.05, 0) is 44.2 Å². The van der Waals surface area contributed by atoms with Crippen molar-refractivity contribution >= 4 is 34.7 Å². The zero-order valence-electron chi connectivity index (χ0n) is 15.6. The number of para-hydroxylation sites is 1. The number of hydrogen-bond donors (Lipinski definition) is 1. The monoisotopic (exact) mass is 385 g/mol. The second kappa shape index (κ2) is 8.55. The van der Waals surface area contributed by atoms with Gasteiger partial charge in [-0.25, -0.2) is 0 Å². The lowest BCUT2D eigenvalue weighted by molar-refractivity contribution is -0.120. The minimum atomic E-state index is -0.272. The highest BCUT2D eigenvalue weighted by molar-refractivity contribution is 6.30. The molecule has 142 valence electrons. The number of Topliss-reactive ketones (excluding diaryl/α,β-unsaturated/α-hetero) is 1. The van der Waals surface area contributed by atoms with E-state index >= 15 is 0 Å². The summed E-state index contributed by atoms with van der Waals surface area (Å²) in [5.41, 5.74) is 2.21. The highest BCUT2D eigenvalue weighted by Gasteiger charge is 2.26. The minimum absolute atomic E-state index is 0.0614. The number of nitrogens with zero attached hydrogens (tertiary/aromatic N) is 2. The van der Waals surface area contributed by atoms with Crippen LogP contribution in [-0.4, -0.2) is 48.8 Å². The van der Waals surface area contributed by atoms with Gasteiger partial charge in [0.25, 0.3) is 0 Å². The third kappa shape index (κ3) is 4.67. The van der Waals surface area contributed by atoms with Gasteiger partial charge in [-0.2, -0.15) is 0 Å². The van der Waals surface area contributed by atoms with Crippen LogP contribution >= 0.6 is 11.6 Å². The molecule has 1 aliphatic rings. The van der Waals surface area contributed by atoms with Gasteiger partial charge in [-0.15, -0.1) is 0 Å². The molecule has 6 heteroatoms. The SMILES string of the molecule is CC(=O)c1ccccc1NC(=O)[C@H](C)N1CCN(c2cccc(Cl)c2)CC1. The predicted molar refractivity (Wildman–Crippen MR) is 110 cm³/mol. The summed E-state index contributed by atoms with van der Waals surface area (Å²) in [6.07, 6.45) is 0. The van der Waals surface area contributed by atoms with E-state index in [2.05, 4.69) is 21.2 Å². The lowest BCUT2D eigenvalue weighted by atomic mass is 10.1. The summed E-state index contributed by atoms with van der Waals surface area (Å²) < 4.78 is 0. The third-order valence-electron chi connectivity index (χ3n) is 4.98. The normalized spacial score (nSPS) is 16.0. The Kier molecular flexibility index (Phi) is 6.14. The van der Waals surface area contributed by atoms with E-state index < -0.39 is 0 Å². The van der Waals surface area contributed by atoms with Crippen LogP contribution in [0.25, 0.3) is 0 Å². The Labute approximate surface area is 164 Å². The molecular weight excluding hydrogens is 362 g/mol. The van der Waals surface area contributed by atoms with Gasteiger partial charge in [0, 0.05) is 42.5 Å². The number of ketones is 1. The second-order valence-corrected chi connectivity index (χ2v) is 7.21. The molecule has 1 heterocycles. The van der Waals surface area contributed by atoms with Crippen LogP contribution in [-0.2, 0) is 4.79 Å². The molecule has 1 aliphatic heterocycles. The number of amides is 1. The Balaban J connectivity index is 1.60. The predicted octanol–water partition coefficient (Wildman–Crippen LogP) is 3.69. The molecular formula is C21H24ClN3O2. The number of anilines is 2. The number of rotatable bonds is 5. The first kappa shape index (κ1) is 19.4. The smallest absolute Gasteiger partial charge is 0.241 e. The van der Waals surface area contributed by atoms with Crippen LogP contribution in [0.4, 0.5) is 11.4 Å². The number of halogens is 1. The van der Waals surface area contributed by atoms with Crippen molar-refractivity contribution in [2.24, 2.45) is 0 Å². The number of piperazine rings is 1. The summed E-state index contributed by atoms with van der Waals surface area (Å²) in [5, 5.41) is 3.64. The van der Waals surface area contributed by atoms with Gasteiger partial charge < -0.3 is 10.2 Å². The van der Waals surface area contributed by atoms with Crippen molar-refractivity contribution in [1.29, 1.82) is 0 Å². The first-order chi connectivity index (χ1) is 13.0. The molecule has 0 saturated carbocycles. The van der Waals surface area contributed by atoms with E-state index in [1.807, 2.05) is 31.2 Å². The molecule has 1 atom stereocenters. The van der Waals surface area contributed by atoms with Gasteiger partial charge in [-0.1, -0.05) is 29.8 Å². The van der Waals surface area contributed by atoms with Crippen molar-refractivity contribution < 1.29 is 9.59 Å². The Hall–Kier alpha value is -2.37. The fraction of sp³-hybridized carbons (Fsp3) is 0.333. The molecule has 3 rings (SSSR count). The van der Waals surface area contributed by atoms with Gasteiger partial charge in [0.1, 0.15) is 0 Å². The molecule has 1 amide bonds. The molecule has 1 saturated heterocycles. The Bertz CT molecular complexity index is 832. The highest BCUT2D eigenvalue weighted by Crippen LogP contribution is 2.22. The molecule has 0 unspecified atom stereocenters. The minimum Gasteiger partial charge on any atom is -0.369 e. The number of nitrogens with one attached hydrogen (secondary N) is 1. The summed E-state index contributed by atoms with van der Waals surface area (Å²) in [4.78, 5) is 28.9. The Morgan fingerprint density at radius 2 is 1.74 bits per heavy atom. The van der Waals surface area contributed by atoms with Crippen molar-refractivity contribution in [1.82, 2.24) is 4.90 Å². The number of carbonyl (C=O) groups excluding carboxylic acids is 2. The fourth-order valence-corrected chi connectivity index (χ4v) is 3.53. The van der Waals surface area contributed by atoms with E-state index in [1.165, 1.54) is 6.92 Å². The summed E-state index contributed by atoms with van der Waals surface area (Å²) in [6.45, 7) is 6.65. The summed E-state index contributed by atoms with van der Waals surface area (Å²) in [7, 11) is 0. The van der Waals surface area contributed by atoms with Crippen molar-refractivity contribution in [2.45, 2.75) is 19.9 Å². The average molecular weight is 386 g/mol. The molecule has 2 aromatic carbocycles. The highest BCUT2D eigenvalue weighted by atomic mass is 35.5. The molecule has 27 heavy (non-hydrogen) atoms. The van der Waals surface area contributed by atoms with E-state index in [0.29, 0.717) is 11.3 Å². The fourth-order valence-electron chi connectivity index (χ4n) is 3.34. The van der Waals surface area contributed by atoms with E-state index in [1.54, 1.807) is 18.2 Å². The number of carbonyl (C=O) groups is 2. The second-order valence-electron chi connectivity index (χ2n) is 6.77. The largest absolute Gasteiger partial charge is 0.369 e. The van der Waals surface area contributed by atoms with Gasteiger partial charge >= 0.3 is 0 Å². The first-order valence-corrected chi connectivity index (χ1v) is 9.49. The number of hydrogen-bond acceptors (Lipinski definition) is 4. The van der Waals surface area contributed by atoms with Crippen LogP contribution in [0.2, 0.25) is 5.02 Å². The lowest BCUT2D eigenvalue weighted by Crippen LogP contribution is -2.52. The quantitative estimate of drug-likeness (QED) is 0.797. The van der Waals surface area contributed by atoms with E-state index in [4.69, 9.17) is 11.6 Å². The van der Waals surface area contributed by atoms with E-state index in [0.717, 1.165) is 36.9 Å². The van der Waals surface area contributed by atoms with Crippen LogP contribution < -0.4 is 10.2 Å². The lowest BCUT2D eigenvalue weighted by Gasteiger charge is -2.38. The van der Waals surface area contributed by atoms with Crippen LogP contribution in [0.1, 0.15) is 24.2 Å². The van der Waals surface area contributed by atoms with Crippen molar-refractivity contribution in [3.63, 3.8) is 0 Å². The average Bonchev–Trinajstić information content (AvgIpc) is 2.67. The van der Waals surface area contributed by atoms with Crippen LogP contribution in [0.15, 0.2) is 48.5 Å². The van der Waals surface area contributed by atoms with Crippen LogP contribution in [0.5, 0.6) is 0 Å². The number of benzene rings is 2. The van der Waals surface area contributed by atoms with Crippen molar-refractivity contribution in [3.05, 3.63) is 59.1 Å². The molecule has 0 bridgehead atoms. The molecule has 2 aromatic rings. The van der Waals surface area contributed by atoms with Crippen LogP contribution in [0.3, 0.4) is 0 Å². The summed E-state index contributed by atoms with van der Waals surface area (Å²) in [6, 6.07) is 14.7. The van der Waals surface area contributed by atoms with Crippen molar-refractivity contribution in [3.8, 4) is 0 Å². The van der Waals surface area contributed by atoms with Gasteiger partial charge in [0.05, 0.1) is 11.7 Å². The molecule has 0 spiro atoms. The summed E-state index contributed by atoms with van der Waals surface area (Å²) >= 11 is 6.08. The van der Waals surface area contributed by atoms with Gasteiger partial charge in [0.15, 0.2) is 5.78 Å². The zero-order valence-corrected chi connectivity index (χ0v) is 16.4.